The largest absolute Gasteiger partial charge is 0.322 e. The van der Waals surface area contributed by atoms with Crippen LogP contribution in [0.25, 0.3) is 0 Å². The Bertz CT molecular complexity index is 654. The molecule has 2 aromatic carbocycles. The Morgan fingerprint density at radius 3 is 2.26 bits per heavy atom. The molecule has 0 unspecified atom stereocenters. The molecule has 0 spiro atoms. The van der Waals surface area contributed by atoms with Gasteiger partial charge < -0.3 is 10.6 Å². The molecule has 0 aromatic heterocycles. The van der Waals surface area contributed by atoms with Crippen LogP contribution in [0.5, 0.6) is 0 Å². The smallest absolute Gasteiger partial charge is 0.255 e. The molecule has 0 heterocycles. The maximum absolute atomic E-state index is 12.5. The summed E-state index contributed by atoms with van der Waals surface area (Å²) in [5.41, 5.74) is 3.94. The number of carbonyl (C=O) groups excluding carboxylic acids is 1. The quantitative estimate of drug-likeness (QED) is 0.862. The summed E-state index contributed by atoms with van der Waals surface area (Å²) < 4.78 is 0. The second-order valence-corrected chi connectivity index (χ2v) is 6.72. The number of hydrogen-bond donors (Lipinski definition) is 2. The maximum atomic E-state index is 12.5. The fourth-order valence-electron chi connectivity index (χ4n) is 2.37. The molecular formula is C20H26N2O. The van der Waals surface area contributed by atoms with E-state index in [9.17, 15) is 4.79 Å². The van der Waals surface area contributed by atoms with E-state index in [0.717, 1.165) is 24.3 Å². The minimum absolute atomic E-state index is 0.0746. The normalized spacial score (nSPS) is 11.3. The topological polar surface area (TPSA) is 41.1 Å². The summed E-state index contributed by atoms with van der Waals surface area (Å²) in [7, 11) is 0. The highest BCUT2D eigenvalue weighted by Crippen LogP contribution is 2.23. The average molecular weight is 310 g/mol. The van der Waals surface area contributed by atoms with E-state index in [4.69, 9.17) is 0 Å². The highest BCUT2D eigenvalue weighted by molar-refractivity contribution is 6.04. The molecule has 0 saturated carbocycles. The van der Waals surface area contributed by atoms with Crippen LogP contribution in [-0.4, -0.2) is 12.5 Å². The Kier molecular flexibility index (Phi) is 5.56. The highest BCUT2D eigenvalue weighted by Gasteiger charge is 2.14. The first-order chi connectivity index (χ1) is 10.9. The number of para-hydroxylation sites is 1. The van der Waals surface area contributed by atoms with Gasteiger partial charge in [-0.2, -0.15) is 0 Å². The maximum Gasteiger partial charge on any atom is 0.255 e. The van der Waals surface area contributed by atoms with Gasteiger partial charge in [0.2, 0.25) is 0 Å². The number of nitrogens with one attached hydrogen (secondary N) is 2. The molecule has 2 N–H and O–H groups in total. The molecule has 0 aliphatic carbocycles. The lowest BCUT2D eigenvalue weighted by molar-refractivity contribution is 0.102. The van der Waals surface area contributed by atoms with Crippen molar-refractivity contribution in [1.29, 1.82) is 0 Å². The van der Waals surface area contributed by atoms with E-state index in [1.54, 1.807) is 0 Å². The summed E-state index contributed by atoms with van der Waals surface area (Å²) in [5, 5.41) is 6.31. The summed E-state index contributed by atoms with van der Waals surface area (Å²) in [4.78, 5) is 12.5. The Balaban J connectivity index is 2.13. The van der Waals surface area contributed by atoms with E-state index >= 15 is 0 Å². The SMILES string of the molecule is CCNCc1ccccc1NC(=O)c1ccc(C(C)(C)C)cc1. The predicted octanol–water partition coefficient (Wildman–Crippen LogP) is 4.35. The molecular weight excluding hydrogens is 284 g/mol. The fourth-order valence-corrected chi connectivity index (χ4v) is 2.37. The van der Waals surface area contributed by atoms with E-state index in [2.05, 4.69) is 38.3 Å². The van der Waals surface area contributed by atoms with Crippen LogP contribution in [0.1, 0.15) is 49.2 Å². The standard InChI is InChI=1S/C20H26N2O/c1-5-21-14-16-8-6-7-9-18(16)22-19(23)15-10-12-17(13-11-15)20(2,3)4/h6-13,21H,5,14H2,1-4H3,(H,22,23). The van der Waals surface area contributed by atoms with Gasteiger partial charge in [-0.3, -0.25) is 4.79 Å². The van der Waals surface area contributed by atoms with Crippen LogP contribution >= 0.6 is 0 Å². The third-order valence-electron chi connectivity index (χ3n) is 3.84. The third kappa shape index (κ3) is 4.67. The molecule has 0 atom stereocenters. The van der Waals surface area contributed by atoms with Crippen molar-refractivity contribution in [2.45, 2.75) is 39.7 Å². The van der Waals surface area contributed by atoms with Crippen molar-refractivity contribution in [2.24, 2.45) is 0 Å². The van der Waals surface area contributed by atoms with Crippen LogP contribution in [-0.2, 0) is 12.0 Å². The number of amides is 1. The molecule has 2 aromatic rings. The van der Waals surface area contributed by atoms with Crippen molar-refractivity contribution in [2.75, 3.05) is 11.9 Å². The lowest BCUT2D eigenvalue weighted by Gasteiger charge is -2.19. The molecule has 3 heteroatoms. The predicted molar refractivity (Wildman–Crippen MR) is 96.9 cm³/mol. The molecule has 0 saturated heterocycles. The fraction of sp³-hybridized carbons (Fsp3) is 0.350. The molecule has 1 amide bonds. The monoisotopic (exact) mass is 310 g/mol. The lowest BCUT2D eigenvalue weighted by atomic mass is 9.87. The van der Waals surface area contributed by atoms with Gasteiger partial charge in [-0.05, 0) is 41.3 Å². The van der Waals surface area contributed by atoms with E-state index < -0.39 is 0 Å². The van der Waals surface area contributed by atoms with Gasteiger partial charge in [0, 0.05) is 17.8 Å². The Morgan fingerprint density at radius 1 is 1.00 bits per heavy atom. The van der Waals surface area contributed by atoms with Crippen molar-refractivity contribution in [3.63, 3.8) is 0 Å². The van der Waals surface area contributed by atoms with E-state index in [-0.39, 0.29) is 11.3 Å². The van der Waals surface area contributed by atoms with Gasteiger partial charge in [-0.25, -0.2) is 0 Å². The minimum Gasteiger partial charge on any atom is -0.322 e. The van der Waals surface area contributed by atoms with Crippen LogP contribution in [0.2, 0.25) is 0 Å². The number of anilines is 1. The second kappa shape index (κ2) is 7.42. The summed E-state index contributed by atoms with van der Waals surface area (Å²) in [6, 6.07) is 15.7. The number of benzene rings is 2. The first-order valence-corrected chi connectivity index (χ1v) is 8.12. The molecule has 3 nitrogen and oxygen atoms in total. The molecule has 0 bridgehead atoms. The van der Waals surface area contributed by atoms with Gasteiger partial charge in [0.1, 0.15) is 0 Å². The highest BCUT2D eigenvalue weighted by atomic mass is 16.1. The zero-order valence-electron chi connectivity index (χ0n) is 14.4. The van der Waals surface area contributed by atoms with Crippen LogP contribution in [0.4, 0.5) is 5.69 Å². The Morgan fingerprint density at radius 2 is 1.65 bits per heavy atom. The molecule has 0 aliphatic rings. The van der Waals surface area contributed by atoms with Crippen LogP contribution in [0.3, 0.4) is 0 Å². The molecule has 0 aliphatic heterocycles. The van der Waals surface area contributed by atoms with Crippen molar-refractivity contribution < 1.29 is 4.79 Å². The zero-order chi connectivity index (χ0) is 16.9. The summed E-state index contributed by atoms with van der Waals surface area (Å²) in [5.74, 6) is -0.0746. The van der Waals surface area contributed by atoms with E-state index in [1.165, 1.54) is 5.56 Å². The van der Waals surface area contributed by atoms with Crippen molar-refractivity contribution >= 4 is 11.6 Å². The van der Waals surface area contributed by atoms with Crippen molar-refractivity contribution in [1.82, 2.24) is 5.32 Å². The summed E-state index contributed by atoms with van der Waals surface area (Å²) in [6.07, 6.45) is 0. The van der Waals surface area contributed by atoms with Gasteiger partial charge in [-0.15, -0.1) is 0 Å². The van der Waals surface area contributed by atoms with Crippen LogP contribution < -0.4 is 10.6 Å². The van der Waals surface area contributed by atoms with Gasteiger partial charge >= 0.3 is 0 Å². The summed E-state index contributed by atoms with van der Waals surface area (Å²) >= 11 is 0. The Labute approximate surface area is 139 Å². The number of rotatable bonds is 5. The zero-order valence-corrected chi connectivity index (χ0v) is 14.4. The van der Waals surface area contributed by atoms with Gasteiger partial charge in [0.05, 0.1) is 0 Å². The third-order valence-corrected chi connectivity index (χ3v) is 3.84. The first-order valence-electron chi connectivity index (χ1n) is 8.12. The van der Waals surface area contributed by atoms with Gasteiger partial charge in [0.25, 0.3) is 5.91 Å². The molecule has 23 heavy (non-hydrogen) atoms. The van der Waals surface area contributed by atoms with E-state index in [1.807, 2.05) is 48.5 Å². The van der Waals surface area contributed by atoms with Crippen molar-refractivity contribution in [3.8, 4) is 0 Å². The minimum atomic E-state index is -0.0746. The molecule has 0 radical (unpaired) electrons. The van der Waals surface area contributed by atoms with Gasteiger partial charge in [0.15, 0.2) is 0 Å². The van der Waals surface area contributed by atoms with Crippen LogP contribution in [0.15, 0.2) is 48.5 Å². The Hall–Kier alpha value is -2.13. The average Bonchev–Trinajstić information content (AvgIpc) is 2.53. The second-order valence-electron chi connectivity index (χ2n) is 6.72. The van der Waals surface area contributed by atoms with Crippen LogP contribution in [0, 0.1) is 0 Å². The number of carbonyl (C=O) groups is 1. The number of hydrogen-bond acceptors (Lipinski definition) is 2. The van der Waals surface area contributed by atoms with Gasteiger partial charge in [-0.1, -0.05) is 58.0 Å². The summed E-state index contributed by atoms with van der Waals surface area (Å²) in [6.45, 7) is 10.2. The first kappa shape index (κ1) is 17.2. The molecule has 2 rings (SSSR count). The molecule has 0 fully saturated rings. The lowest BCUT2D eigenvalue weighted by Crippen LogP contribution is -2.17. The van der Waals surface area contributed by atoms with Crippen molar-refractivity contribution in [3.05, 3.63) is 65.2 Å². The molecule has 122 valence electrons. The van der Waals surface area contributed by atoms with E-state index in [0.29, 0.717) is 5.56 Å².